The molecule has 0 aliphatic carbocycles. The number of nitrogens with one attached hydrogen (secondary N) is 1. The molecular formula is C11H16N2OS. The van der Waals surface area contributed by atoms with Crippen LogP contribution in [0, 0.1) is 5.41 Å². The Hall–Kier alpha value is -0.900. The van der Waals surface area contributed by atoms with Crippen LogP contribution < -0.4 is 5.32 Å². The lowest BCUT2D eigenvalue weighted by molar-refractivity contribution is 0.436. The molecule has 0 saturated carbocycles. The van der Waals surface area contributed by atoms with Gasteiger partial charge in [0.2, 0.25) is 0 Å². The summed E-state index contributed by atoms with van der Waals surface area (Å²) >= 11 is 1.79. The number of thioether (sulfide) groups is 1. The van der Waals surface area contributed by atoms with E-state index in [0.717, 1.165) is 29.8 Å². The lowest BCUT2D eigenvalue weighted by Gasteiger charge is -2.27. The maximum absolute atomic E-state index is 5.24. The Labute approximate surface area is 94.3 Å². The van der Waals surface area contributed by atoms with Crippen LogP contribution in [0.1, 0.15) is 19.6 Å². The summed E-state index contributed by atoms with van der Waals surface area (Å²) in [7, 11) is 0. The summed E-state index contributed by atoms with van der Waals surface area (Å²) in [4.78, 5) is 4.51. The molecule has 4 heteroatoms. The number of amidine groups is 1. The second-order valence-electron chi connectivity index (χ2n) is 4.51. The number of hydrogen-bond donors (Lipinski definition) is 1. The van der Waals surface area contributed by atoms with Crippen molar-refractivity contribution in [2.45, 2.75) is 20.4 Å². The Bertz CT molecular complexity index is 343. The molecule has 0 radical (unpaired) electrons. The minimum atomic E-state index is 0.334. The number of rotatable bonds is 2. The largest absolute Gasteiger partial charge is 0.467 e. The zero-order valence-electron chi connectivity index (χ0n) is 9.12. The molecule has 1 aromatic rings. The van der Waals surface area contributed by atoms with Crippen LogP contribution in [0.5, 0.6) is 0 Å². The highest BCUT2D eigenvalue weighted by molar-refractivity contribution is 8.13. The second kappa shape index (κ2) is 4.31. The minimum absolute atomic E-state index is 0.334. The molecule has 0 spiro atoms. The van der Waals surface area contributed by atoms with Gasteiger partial charge in [-0.05, 0) is 17.5 Å². The Morgan fingerprint density at radius 3 is 3.07 bits per heavy atom. The fourth-order valence-corrected chi connectivity index (χ4v) is 2.27. The van der Waals surface area contributed by atoms with Crippen LogP contribution >= 0.6 is 11.8 Å². The molecule has 0 saturated heterocycles. The normalized spacial score (nSPS) is 19.7. The van der Waals surface area contributed by atoms with Gasteiger partial charge in [-0.2, -0.15) is 0 Å². The van der Waals surface area contributed by atoms with Gasteiger partial charge in [-0.15, -0.1) is 0 Å². The lowest BCUT2D eigenvalue weighted by atomic mass is 9.97. The van der Waals surface area contributed by atoms with Crippen LogP contribution in [-0.4, -0.2) is 17.5 Å². The van der Waals surface area contributed by atoms with Crippen molar-refractivity contribution in [2.24, 2.45) is 10.4 Å². The van der Waals surface area contributed by atoms with Crippen LogP contribution in [0.15, 0.2) is 27.8 Å². The maximum Gasteiger partial charge on any atom is 0.156 e. The van der Waals surface area contributed by atoms with E-state index in [9.17, 15) is 0 Å². The van der Waals surface area contributed by atoms with Crippen molar-refractivity contribution in [1.29, 1.82) is 0 Å². The molecule has 0 unspecified atom stereocenters. The highest BCUT2D eigenvalue weighted by atomic mass is 32.2. The summed E-state index contributed by atoms with van der Waals surface area (Å²) in [5.41, 5.74) is 0.334. The van der Waals surface area contributed by atoms with Crippen molar-refractivity contribution >= 4 is 16.9 Å². The summed E-state index contributed by atoms with van der Waals surface area (Å²) < 4.78 is 5.24. The van der Waals surface area contributed by atoms with Gasteiger partial charge in [0.1, 0.15) is 5.76 Å². The monoisotopic (exact) mass is 224 g/mol. The van der Waals surface area contributed by atoms with Crippen LogP contribution in [0.4, 0.5) is 0 Å². The van der Waals surface area contributed by atoms with Gasteiger partial charge in [0.05, 0.1) is 12.8 Å². The van der Waals surface area contributed by atoms with Crippen LogP contribution in [0.2, 0.25) is 0 Å². The number of nitrogens with zero attached hydrogens (tertiary/aromatic N) is 1. The zero-order chi connectivity index (χ0) is 10.7. The fourth-order valence-electron chi connectivity index (χ4n) is 1.32. The first-order chi connectivity index (χ1) is 7.16. The topological polar surface area (TPSA) is 37.5 Å². The van der Waals surface area contributed by atoms with Gasteiger partial charge in [-0.25, -0.2) is 0 Å². The average Bonchev–Trinajstić information content (AvgIpc) is 2.69. The molecule has 0 amide bonds. The van der Waals surface area contributed by atoms with E-state index in [2.05, 4.69) is 24.2 Å². The quantitative estimate of drug-likeness (QED) is 0.838. The molecule has 0 fully saturated rings. The number of furan rings is 1. The van der Waals surface area contributed by atoms with E-state index in [-0.39, 0.29) is 0 Å². The average molecular weight is 224 g/mol. The van der Waals surface area contributed by atoms with Gasteiger partial charge >= 0.3 is 0 Å². The summed E-state index contributed by atoms with van der Waals surface area (Å²) in [6.45, 7) is 6.11. The first-order valence-electron chi connectivity index (χ1n) is 5.09. The van der Waals surface area contributed by atoms with Gasteiger partial charge < -0.3 is 9.73 Å². The Morgan fingerprint density at radius 2 is 2.47 bits per heavy atom. The highest BCUT2D eigenvalue weighted by Gasteiger charge is 2.23. The van der Waals surface area contributed by atoms with Gasteiger partial charge in [-0.1, -0.05) is 25.6 Å². The molecule has 1 N–H and O–H groups in total. The van der Waals surface area contributed by atoms with Crippen LogP contribution in [-0.2, 0) is 6.54 Å². The third-order valence-electron chi connectivity index (χ3n) is 2.24. The van der Waals surface area contributed by atoms with Crippen LogP contribution in [0.25, 0.3) is 0 Å². The molecule has 2 rings (SSSR count). The number of aliphatic imine (C=N–C) groups is 1. The Kier molecular flexibility index (Phi) is 3.05. The van der Waals surface area contributed by atoms with Gasteiger partial charge in [0.25, 0.3) is 0 Å². The van der Waals surface area contributed by atoms with Gasteiger partial charge in [0.15, 0.2) is 5.17 Å². The maximum atomic E-state index is 5.24. The molecule has 0 atom stereocenters. The van der Waals surface area contributed by atoms with E-state index >= 15 is 0 Å². The first-order valence-corrected chi connectivity index (χ1v) is 6.08. The van der Waals surface area contributed by atoms with E-state index in [4.69, 9.17) is 4.42 Å². The summed E-state index contributed by atoms with van der Waals surface area (Å²) in [5, 5.41) is 4.31. The Morgan fingerprint density at radius 1 is 1.60 bits per heavy atom. The van der Waals surface area contributed by atoms with E-state index in [1.54, 1.807) is 18.0 Å². The van der Waals surface area contributed by atoms with E-state index in [1.165, 1.54) is 0 Å². The number of hydrogen-bond acceptors (Lipinski definition) is 4. The summed E-state index contributed by atoms with van der Waals surface area (Å²) in [6.07, 6.45) is 1.69. The molecule has 15 heavy (non-hydrogen) atoms. The minimum Gasteiger partial charge on any atom is -0.467 e. The van der Waals surface area contributed by atoms with Gasteiger partial charge in [-0.3, -0.25) is 4.99 Å². The summed E-state index contributed by atoms with van der Waals surface area (Å²) in [6, 6.07) is 3.86. The molecule has 0 aromatic carbocycles. The Balaban J connectivity index is 1.84. The second-order valence-corrected chi connectivity index (χ2v) is 5.47. The van der Waals surface area contributed by atoms with Crippen molar-refractivity contribution in [3.8, 4) is 0 Å². The third-order valence-corrected chi connectivity index (χ3v) is 3.72. The van der Waals surface area contributed by atoms with Gasteiger partial charge in [0, 0.05) is 12.3 Å². The SMILES string of the molecule is CC1(C)CN=C(NCc2ccco2)SC1. The van der Waals surface area contributed by atoms with Crippen molar-refractivity contribution in [2.75, 3.05) is 12.3 Å². The van der Waals surface area contributed by atoms with E-state index < -0.39 is 0 Å². The third kappa shape index (κ3) is 3.02. The summed E-state index contributed by atoms with van der Waals surface area (Å²) in [5.74, 6) is 2.07. The molecule has 3 nitrogen and oxygen atoms in total. The van der Waals surface area contributed by atoms with Crippen molar-refractivity contribution in [1.82, 2.24) is 5.32 Å². The van der Waals surface area contributed by atoms with Crippen LogP contribution in [0.3, 0.4) is 0 Å². The predicted octanol–water partition coefficient (Wildman–Crippen LogP) is 2.50. The van der Waals surface area contributed by atoms with E-state index in [0.29, 0.717) is 5.41 Å². The predicted molar refractivity (Wildman–Crippen MR) is 64.1 cm³/mol. The molecule has 0 bridgehead atoms. The van der Waals surface area contributed by atoms with Crippen molar-refractivity contribution < 1.29 is 4.42 Å². The van der Waals surface area contributed by atoms with Crippen molar-refractivity contribution in [3.63, 3.8) is 0 Å². The molecule has 1 aliphatic heterocycles. The molecule has 1 aromatic heterocycles. The smallest absolute Gasteiger partial charge is 0.156 e. The molecule has 1 aliphatic rings. The van der Waals surface area contributed by atoms with E-state index in [1.807, 2.05) is 12.1 Å². The standard InChI is InChI=1S/C11H16N2OS/c1-11(2)7-13-10(15-8-11)12-6-9-4-3-5-14-9/h3-5H,6-8H2,1-2H3,(H,12,13). The lowest BCUT2D eigenvalue weighted by Crippen LogP contribution is -2.30. The molecule has 82 valence electrons. The zero-order valence-corrected chi connectivity index (χ0v) is 9.93. The highest BCUT2D eigenvalue weighted by Crippen LogP contribution is 2.27. The first kappa shape index (κ1) is 10.6. The molecule has 2 heterocycles. The van der Waals surface area contributed by atoms with Crippen molar-refractivity contribution in [3.05, 3.63) is 24.2 Å². The fraction of sp³-hybridized carbons (Fsp3) is 0.545. The molecular weight excluding hydrogens is 208 g/mol.